The Balaban J connectivity index is 4.08. The van der Waals surface area contributed by atoms with Gasteiger partial charge in [-0.15, -0.1) is 0 Å². The summed E-state index contributed by atoms with van der Waals surface area (Å²) in [5.41, 5.74) is -2.85. The summed E-state index contributed by atoms with van der Waals surface area (Å²) >= 11 is 0. The monoisotopic (exact) mass is 434 g/mol. The fraction of sp³-hybridized carbons (Fsp3) is 0.800. The zero-order valence-corrected chi connectivity index (χ0v) is 17.3. The molecule has 30 heavy (non-hydrogen) atoms. The van der Waals surface area contributed by atoms with E-state index in [1.807, 2.05) is 0 Å². The number of unbranched alkanes of at least 4 members (excludes halogenated alkanes) is 10. The first-order valence-corrected chi connectivity index (χ1v) is 10.4. The van der Waals surface area contributed by atoms with Crippen molar-refractivity contribution >= 4 is 23.9 Å². The van der Waals surface area contributed by atoms with E-state index < -0.39 is 41.8 Å². The average molecular weight is 434 g/mol. The third-order valence-corrected chi connectivity index (χ3v) is 5.13. The van der Waals surface area contributed by atoms with Crippen LogP contribution < -0.4 is 0 Å². The third kappa shape index (κ3) is 11.7. The van der Waals surface area contributed by atoms with E-state index in [1.165, 1.54) is 0 Å². The van der Waals surface area contributed by atoms with Gasteiger partial charge < -0.3 is 25.3 Å². The molecule has 0 bridgehead atoms. The molecule has 10 heteroatoms. The third-order valence-electron chi connectivity index (χ3n) is 5.13. The minimum Gasteiger partial charge on any atom is -0.481 e. The molecule has 0 aliphatic rings. The molecule has 0 spiro atoms. The highest BCUT2D eigenvalue weighted by molar-refractivity contribution is 5.90. The van der Waals surface area contributed by atoms with E-state index in [1.54, 1.807) is 0 Å². The Kier molecular flexibility index (Phi) is 14.5. The van der Waals surface area contributed by atoms with Crippen molar-refractivity contribution in [1.29, 1.82) is 0 Å². The summed E-state index contributed by atoms with van der Waals surface area (Å²) in [6.45, 7) is 0. The number of hydrogen-bond acceptors (Lipinski definition) is 7. The number of aliphatic carboxylic acids is 3. The predicted molar refractivity (Wildman–Crippen MR) is 105 cm³/mol. The topological polar surface area (TPSA) is 179 Å². The molecule has 0 aliphatic heterocycles. The van der Waals surface area contributed by atoms with Crippen LogP contribution in [0.25, 0.3) is 0 Å². The lowest BCUT2D eigenvalue weighted by Gasteiger charge is -2.28. The van der Waals surface area contributed by atoms with Crippen LogP contribution in [0.4, 0.5) is 0 Å². The second-order valence-electron chi connectivity index (χ2n) is 7.58. The van der Waals surface area contributed by atoms with Gasteiger partial charge in [-0.3, -0.25) is 9.59 Å². The number of carbonyl (C=O) groups excluding carboxylic acids is 1. The second-order valence-corrected chi connectivity index (χ2v) is 7.58. The maximum absolute atomic E-state index is 11.7. The normalized spacial score (nSPS) is 13.9. The number of carbonyl (C=O) groups is 4. The smallest absolute Gasteiger partial charge is 0.348 e. The summed E-state index contributed by atoms with van der Waals surface area (Å²) in [5, 5.41) is 45.3. The van der Waals surface area contributed by atoms with Crippen molar-refractivity contribution in [3.05, 3.63) is 0 Å². The molecule has 0 radical (unpaired) electrons. The van der Waals surface area contributed by atoms with Crippen LogP contribution in [0.2, 0.25) is 0 Å². The Morgan fingerprint density at radius 1 is 0.700 bits per heavy atom. The molecule has 0 aliphatic carbocycles. The van der Waals surface area contributed by atoms with Gasteiger partial charge in [-0.1, -0.05) is 64.2 Å². The van der Waals surface area contributed by atoms with E-state index in [2.05, 4.69) is 4.89 Å². The molecule has 2 atom stereocenters. The lowest BCUT2D eigenvalue weighted by Crippen LogP contribution is -2.51. The van der Waals surface area contributed by atoms with Crippen LogP contribution in [0, 0.1) is 5.92 Å². The summed E-state index contributed by atoms with van der Waals surface area (Å²) in [5.74, 6) is -7.26. The molecule has 0 saturated carbocycles. The molecule has 0 aromatic heterocycles. The zero-order valence-electron chi connectivity index (χ0n) is 17.3. The predicted octanol–water partition coefficient (Wildman–Crippen LogP) is 3.07. The second kappa shape index (κ2) is 15.6. The van der Waals surface area contributed by atoms with Gasteiger partial charge in [0.25, 0.3) is 0 Å². The van der Waals surface area contributed by atoms with Crippen molar-refractivity contribution in [2.75, 3.05) is 0 Å². The van der Waals surface area contributed by atoms with E-state index in [4.69, 9.17) is 15.5 Å². The van der Waals surface area contributed by atoms with E-state index >= 15 is 0 Å². The van der Waals surface area contributed by atoms with Crippen LogP contribution in [0.3, 0.4) is 0 Å². The van der Waals surface area contributed by atoms with Gasteiger partial charge in [0.15, 0.2) is 5.60 Å². The van der Waals surface area contributed by atoms with Crippen LogP contribution in [-0.4, -0.2) is 55.2 Å². The van der Waals surface area contributed by atoms with Crippen LogP contribution in [-0.2, 0) is 24.1 Å². The standard InChI is InChI=1S/C20H34O10/c21-16(22)13-11-9-7-5-3-1-2-4-6-8-10-12-15(18(25)30-29)20(28,19(26)27)14-17(23)24/h15,28-29H,1-14H2,(H,21,22)(H,23,24)(H,26,27). The van der Waals surface area contributed by atoms with Gasteiger partial charge in [0.2, 0.25) is 0 Å². The number of carboxylic acids is 3. The molecule has 5 N–H and O–H groups in total. The SMILES string of the molecule is O=C(O)CCCCCCCCCCCCCC(C(=O)OO)C(O)(CC(=O)O)C(=O)O. The average Bonchev–Trinajstić information content (AvgIpc) is 2.66. The fourth-order valence-electron chi connectivity index (χ4n) is 3.41. The highest BCUT2D eigenvalue weighted by Gasteiger charge is 2.50. The highest BCUT2D eigenvalue weighted by Crippen LogP contribution is 2.29. The minimum absolute atomic E-state index is 0.119. The fourth-order valence-corrected chi connectivity index (χ4v) is 3.41. The molecule has 0 fully saturated rings. The zero-order chi connectivity index (χ0) is 23.0. The first-order valence-electron chi connectivity index (χ1n) is 10.4. The molecule has 0 aromatic carbocycles. The molecule has 0 heterocycles. The Labute approximate surface area is 175 Å². The molecule has 0 amide bonds. The quantitative estimate of drug-likeness (QED) is 0.115. The first-order chi connectivity index (χ1) is 14.1. The van der Waals surface area contributed by atoms with Gasteiger partial charge in [0.05, 0.1) is 6.42 Å². The van der Waals surface area contributed by atoms with Gasteiger partial charge in [-0.2, -0.15) is 5.26 Å². The summed E-state index contributed by atoms with van der Waals surface area (Å²) < 4.78 is 0. The van der Waals surface area contributed by atoms with Crippen molar-refractivity contribution in [2.45, 2.75) is 95.5 Å². The van der Waals surface area contributed by atoms with Gasteiger partial charge in [0.1, 0.15) is 5.92 Å². The van der Waals surface area contributed by atoms with Crippen LogP contribution in [0.15, 0.2) is 0 Å². The van der Waals surface area contributed by atoms with Gasteiger partial charge in [-0.05, 0) is 12.8 Å². The number of carboxylic acid groups (broad SMARTS) is 3. The van der Waals surface area contributed by atoms with Crippen molar-refractivity contribution in [2.24, 2.45) is 5.92 Å². The van der Waals surface area contributed by atoms with Crippen molar-refractivity contribution in [3.63, 3.8) is 0 Å². The minimum atomic E-state index is -2.85. The number of hydrogen-bond donors (Lipinski definition) is 5. The van der Waals surface area contributed by atoms with E-state index in [9.17, 15) is 29.4 Å². The van der Waals surface area contributed by atoms with Crippen LogP contribution >= 0.6 is 0 Å². The molecular formula is C20H34O10. The van der Waals surface area contributed by atoms with Gasteiger partial charge >= 0.3 is 23.9 Å². The molecule has 174 valence electrons. The molecule has 2 unspecified atom stereocenters. The number of rotatable bonds is 19. The summed E-state index contributed by atoms with van der Waals surface area (Å²) in [7, 11) is 0. The molecule has 0 saturated heterocycles. The molecular weight excluding hydrogens is 400 g/mol. The Morgan fingerprint density at radius 3 is 1.50 bits per heavy atom. The first kappa shape index (κ1) is 27.8. The van der Waals surface area contributed by atoms with E-state index in [0.717, 1.165) is 51.4 Å². The lowest BCUT2D eigenvalue weighted by molar-refractivity contribution is -0.246. The summed E-state index contributed by atoms with van der Waals surface area (Å²) in [6, 6.07) is 0. The van der Waals surface area contributed by atoms with E-state index in [-0.39, 0.29) is 12.8 Å². The maximum Gasteiger partial charge on any atom is 0.348 e. The van der Waals surface area contributed by atoms with Gasteiger partial charge in [0, 0.05) is 6.42 Å². The molecule has 0 aromatic rings. The van der Waals surface area contributed by atoms with Crippen molar-refractivity contribution in [3.8, 4) is 0 Å². The molecule has 0 rings (SSSR count). The number of aliphatic hydroxyl groups is 1. The summed E-state index contributed by atoms with van der Waals surface area (Å²) in [6.07, 6.45) is 8.64. The van der Waals surface area contributed by atoms with Crippen molar-refractivity contribution < 1.29 is 49.7 Å². The van der Waals surface area contributed by atoms with Crippen LogP contribution in [0.5, 0.6) is 0 Å². The van der Waals surface area contributed by atoms with Gasteiger partial charge in [-0.25, -0.2) is 9.59 Å². The summed E-state index contributed by atoms with van der Waals surface area (Å²) in [4.78, 5) is 47.9. The maximum atomic E-state index is 11.7. The lowest BCUT2D eigenvalue weighted by atomic mass is 9.81. The van der Waals surface area contributed by atoms with Crippen molar-refractivity contribution in [1.82, 2.24) is 0 Å². The Morgan fingerprint density at radius 2 is 1.13 bits per heavy atom. The highest BCUT2D eigenvalue weighted by atomic mass is 17.1. The Bertz CT molecular complexity index is 548. The Hall–Kier alpha value is -2.20. The largest absolute Gasteiger partial charge is 0.481 e. The molecule has 10 nitrogen and oxygen atoms in total. The van der Waals surface area contributed by atoms with Crippen LogP contribution in [0.1, 0.15) is 89.9 Å². The van der Waals surface area contributed by atoms with E-state index in [0.29, 0.717) is 19.3 Å².